The lowest BCUT2D eigenvalue weighted by molar-refractivity contribution is 0.101. The molecule has 3 nitrogen and oxygen atoms in total. The lowest BCUT2D eigenvalue weighted by atomic mass is 9.97. The fourth-order valence-electron chi connectivity index (χ4n) is 2.43. The number of hydrogen-bond donors (Lipinski definition) is 1. The van der Waals surface area contributed by atoms with Crippen molar-refractivity contribution in [1.82, 2.24) is 4.98 Å². The molecule has 1 N–H and O–H groups in total. The van der Waals surface area contributed by atoms with E-state index in [1.165, 1.54) is 6.92 Å². The van der Waals surface area contributed by atoms with Crippen LogP contribution in [0.15, 0.2) is 60.8 Å². The summed E-state index contributed by atoms with van der Waals surface area (Å²) in [6.07, 6.45) is 0.960. The van der Waals surface area contributed by atoms with Crippen LogP contribution >= 0.6 is 0 Å². The van der Waals surface area contributed by atoms with Crippen molar-refractivity contribution in [3.63, 3.8) is 0 Å². The quantitative estimate of drug-likeness (QED) is 0.745. The van der Waals surface area contributed by atoms with Crippen molar-refractivity contribution in [2.24, 2.45) is 0 Å². The molecule has 3 rings (SSSR count). The van der Waals surface area contributed by atoms with Crippen molar-refractivity contribution in [2.45, 2.75) is 13.0 Å². The fourth-order valence-corrected chi connectivity index (χ4v) is 2.43. The summed E-state index contributed by atoms with van der Waals surface area (Å²) in [7, 11) is 0. The Balaban J connectivity index is 2.04. The zero-order valence-corrected chi connectivity index (χ0v) is 11.7. The molecule has 2 aromatic carbocycles. The van der Waals surface area contributed by atoms with Gasteiger partial charge in [-0.1, -0.05) is 48.5 Å². The van der Waals surface area contributed by atoms with Gasteiger partial charge < -0.3 is 5.11 Å². The maximum Gasteiger partial charge on any atom is 0.159 e. The lowest BCUT2D eigenvalue weighted by Gasteiger charge is -2.13. The van der Waals surface area contributed by atoms with Gasteiger partial charge in [0.25, 0.3) is 0 Å². The molecule has 0 bridgehead atoms. The number of aromatic nitrogens is 1. The Hall–Kier alpha value is -2.52. The molecule has 0 amide bonds. The Kier molecular flexibility index (Phi) is 3.50. The van der Waals surface area contributed by atoms with Crippen LogP contribution in [0.5, 0.6) is 0 Å². The molecule has 3 aromatic rings. The number of aliphatic hydroxyl groups excluding tert-OH is 1. The van der Waals surface area contributed by atoms with Crippen molar-refractivity contribution in [2.75, 3.05) is 0 Å². The predicted octanol–water partition coefficient (Wildman–Crippen LogP) is 3.52. The Morgan fingerprint density at radius 3 is 2.48 bits per heavy atom. The summed E-state index contributed by atoms with van der Waals surface area (Å²) in [4.78, 5) is 15.7. The van der Waals surface area contributed by atoms with Crippen LogP contribution in [-0.2, 0) is 0 Å². The second-order valence-electron chi connectivity index (χ2n) is 5.00. The number of carbonyl (C=O) groups is 1. The summed E-state index contributed by atoms with van der Waals surface area (Å²) in [5, 5.41) is 11.6. The molecule has 104 valence electrons. The molecule has 1 heterocycles. The molecule has 1 aromatic heterocycles. The first kappa shape index (κ1) is 13.5. The second-order valence-corrected chi connectivity index (χ2v) is 5.00. The molecule has 0 spiro atoms. The van der Waals surface area contributed by atoms with E-state index in [0.717, 1.165) is 22.0 Å². The van der Waals surface area contributed by atoms with E-state index in [4.69, 9.17) is 0 Å². The number of ketones is 1. The molecule has 0 saturated heterocycles. The van der Waals surface area contributed by atoms with Crippen molar-refractivity contribution >= 4 is 16.7 Å². The van der Waals surface area contributed by atoms with Gasteiger partial charge in [0.15, 0.2) is 5.78 Å². The Morgan fingerprint density at radius 2 is 1.76 bits per heavy atom. The third-order valence-electron chi connectivity index (χ3n) is 3.59. The van der Waals surface area contributed by atoms with Crippen molar-refractivity contribution in [3.05, 3.63) is 77.5 Å². The van der Waals surface area contributed by atoms with Gasteiger partial charge in [-0.2, -0.15) is 0 Å². The number of nitrogens with zero attached hydrogens (tertiary/aromatic N) is 1. The molecule has 3 heteroatoms. The smallest absolute Gasteiger partial charge is 0.159 e. The molecule has 0 aliphatic heterocycles. The monoisotopic (exact) mass is 277 g/mol. The minimum absolute atomic E-state index is 0.0165. The molecule has 0 aliphatic carbocycles. The number of Topliss-reactive ketones (excluding diaryl/α,β-unsaturated/α-hetero) is 1. The van der Waals surface area contributed by atoms with Crippen LogP contribution in [0.2, 0.25) is 0 Å². The fraction of sp³-hybridized carbons (Fsp3) is 0.111. The first-order valence-corrected chi connectivity index (χ1v) is 6.79. The van der Waals surface area contributed by atoms with E-state index in [9.17, 15) is 9.90 Å². The van der Waals surface area contributed by atoms with Crippen molar-refractivity contribution in [1.29, 1.82) is 0 Å². The van der Waals surface area contributed by atoms with E-state index in [-0.39, 0.29) is 5.78 Å². The van der Waals surface area contributed by atoms with Crippen molar-refractivity contribution in [3.8, 4) is 0 Å². The van der Waals surface area contributed by atoms with Crippen LogP contribution in [-0.4, -0.2) is 15.9 Å². The third kappa shape index (κ3) is 2.56. The topological polar surface area (TPSA) is 50.2 Å². The van der Waals surface area contributed by atoms with Gasteiger partial charge in [-0.3, -0.25) is 9.78 Å². The average Bonchev–Trinajstić information content (AvgIpc) is 2.53. The zero-order chi connectivity index (χ0) is 14.8. The maximum atomic E-state index is 11.3. The molecule has 21 heavy (non-hydrogen) atoms. The highest BCUT2D eigenvalue weighted by molar-refractivity contribution is 5.94. The molecular formula is C18H15NO2. The number of pyridine rings is 1. The van der Waals surface area contributed by atoms with Crippen LogP contribution in [0.3, 0.4) is 0 Å². The zero-order valence-electron chi connectivity index (χ0n) is 11.7. The molecule has 0 fully saturated rings. The molecular weight excluding hydrogens is 262 g/mol. The summed E-state index contributed by atoms with van der Waals surface area (Å²) < 4.78 is 0. The summed E-state index contributed by atoms with van der Waals surface area (Å²) in [6, 6.07) is 16.6. The number of fused-ring (bicyclic) bond motifs is 1. The van der Waals surface area contributed by atoms with Crippen LogP contribution < -0.4 is 0 Å². The van der Waals surface area contributed by atoms with Crippen molar-refractivity contribution < 1.29 is 9.90 Å². The highest BCUT2D eigenvalue weighted by atomic mass is 16.3. The van der Waals surface area contributed by atoms with E-state index in [0.29, 0.717) is 5.56 Å². The van der Waals surface area contributed by atoms with E-state index < -0.39 is 6.10 Å². The van der Waals surface area contributed by atoms with Crippen LogP contribution in [0.1, 0.15) is 34.5 Å². The Bertz CT molecular complexity index is 788. The highest BCUT2D eigenvalue weighted by Gasteiger charge is 2.14. The van der Waals surface area contributed by atoms with E-state index in [2.05, 4.69) is 4.98 Å². The van der Waals surface area contributed by atoms with Gasteiger partial charge >= 0.3 is 0 Å². The standard InChI is InChI=1S/C18H15NO2/c1-12(20)13-7-9-15(10-8-13)18(21)16-6-2-4-14-5-3-11-19-17(14)16/h2-11,18,21H,1H3. The van der Waals surface area contributed by atoms with E-state index in [1.54, 1.807) is 30.5 Å². The van der Waals surface area contributed by atoms with Crippen LogP contribution in [0, 0.1) is 0 Å². The highest BCUT2D eigenvalue weighted by Crippen LogP contribution is 2.27. The van der Waals surface area contributed by atoms with Crippen LogP contribution in [0.25, 0.3) is 10.9 Å². The minimum Gasteiger partial charge on any atom is -0.384 e. The number of rotatable bonds is 3. The lowest BCUT2D eigenvalue weighted by Crippen LogP contribution is -2.02. The van der Waals surface area contributed by atoms with Gasteiger partial charge in [0.1, 0.15) is 6.10 Å². The van der Waals surface area contributed by atoms with Crippen LogP contribution in [0.4, 0.5) is 0 Å². The number of aliphatic hydroxyl groups is 1. The predicted molar refractivity (Wildman–Crippen MR) is 82.3 cm³/mol. The van der Waals surface area contributed by atoms with E-state index >= 15 is 0 Å². The molecule has 1 atom stereocenters. The van der Waals surface area contributed by atoms with Gasteiger partial charge in [0.05, 0.1) is 5.52 Å². The Labute approximate surface area is 122 Å². The summed E-state index contributed by atoms with van der Waals surface area (Å²) >= 11 is 0. The van der Waals surface area contributed by atoms with E-state index in [1.807, 2.05) is 30.3 Å². The SMILES string of the molecule is CC(=O)c1ccc(C(O)c2cccc3cccnc23)cc1. The number of para-hydroxylation sites is 1. The summed E-state index contributed by atoms with van der Waals surface area (Å²) in [6.45, 7) is 1.53. The Morgan fingerprint density at radius 1 is 1.05 bits per heavy atom. The summed E-state index contributed by atoms with van der Waals surface area (Å²) in [5.41, 5.74) is 2.95. The second kappa shape index (κ2) is 5.46. The first-order valence-electron chi connectivity index (χ1n) is 6.79. The van der Waals surface area contributed by atoms with Gasteiger partial charge in [0.2, 0.25) is 0 Å². The number of benzene rings is 2. The largest absolute Gasteiger partial charge is 0.384 e. The molecule has 1 unspecified atom stereocenters. The normalized spacial score (nSPS) is 12.3. The number of carbonyl (C=O) groups excluding carboxylic acids is 1. The van der Waals surface area contributed by atoms with Gasteiger partial charge in [-0.25, -0.2) is 0 Å². The van der Waals surface area contributed by atoms with Gasteiger partial charge in [-0.05, 0) is 18.6 Å². The molecule has 0 radical (unpaired) electrons. The minimum atomic E-state index is -0.760. The first-order chi connectivity index (χ1) is 10.2. The number of hydrogen-bond acceptors (Lipinski definition) is 3. The maximum absolute atomic E-state index is 11.3. The average molecular weight is 277 g/mol. The molecule has 0 saturated carbocycles. The van der Waals surface area contributed by atoms with Gasteiger partial charge in [0, 0.05) is 22.7 Å². The molecule has 0 aliphatic rings. The van der Waals surface area contributed by atoms with Gasteiger partial charge in [-0.15, -0.1) is 0 Å². The summed E-state index contributed by atoms with van der Waals surface area (Å²) in [5.74, 6) is 0.0165. The third-order valence-corrected chi connectivity index (χ3v) is 3.59.